The molecule has 0 saturated heterocycles. The van der Waals surface area contributed by atoms with Crippen LogP contribution in [0.3, 0.4) is 0 Å². The standard InChI is InChI=1S/C14H12Br2N2O3/c1-8(17)11-6-9(15)2-5-13(11)21-14-7-10(18(19)20)3-4-12(14)16/h2-8H,17H2,1H3. The van der Waals surface area contributed by atoms with E-state index in [0.717, 1.165) is 10.0 Å². The minimum atomic E-state index is -0.465. The monoisotopic (exact) mass is 414 g/mol. The molecule has 0 saturated carbocycles. The zero-order chi connectivity index (χ0) is 15.6. The molecule has 0 radical (unpaired) electrons. The third-order valence-corrected chi connectivity index (χ3v) is 3.96. The lowest BCUT2D eigenvalue weighted by molar-refractivity contribution is -0.384. The van der Waals surface area contributed by atoms with Gasteiger partial charge in [0.1, 0.15) is 11.5 Å². The first-order valence-corrected chi connectivity index (χ1v) is 7.64. The molecule has 2 rings (SSSR count). The van der Waals surface area contributed by atoms with Crippen LogP contribution in [0, 0.1) is 10.1 Å². The molecule has 1 atom stereocenters. The van der Waals surface area contributed by atoms with Crippen molar-refractivity contribution in [2.75, 3.05) is 0 Å². The molecule has 2 aromatic rings. The highest BCUT2D eigenvalue weighted by atomic mass is 79.9. The maximum absolute atomic E-state index is 10.8. The number of hydrogen-bond acceptors (Lipinski definition) is 4. The third kappa shape index (κ3) is 3.81. The van der Waals surface area contributed by atoms with Crippen LogP contribution in [-0.4, -0.2) is 4.92 Å². The van der Waals surface area contributed by atoms with Crippen LogP contribution in [0.5, 0.6) is 11.5 Å². The molecule has 0 amide bonds. The minimum Gasteiger partial charge on any atom is -0.456 e. The van der Waals surface area contributed by atoms with E-state index >= 15 is 0 Å². The fourth-order valence-electron chi connectivity index (χ4n) is 1.77. The van der Waals surface area contributed by atoms with E-state index in [1.54, 1.807) is 12.1 Å². The molecule has 0 bridgehead atoms. The van der Waals surface area contributed by atoms with Crippen molar-refractivity contribution in [1.29, 1.82) is 0 Å². The summed E-state index contributed by atoms with van der Waals surface area (Å²) >= 11 is 6.71. The fraction of sp³-hybridized carbons (Fsp3) is 0.143. The second kappa shape index (κ2) is 6.55. The number of benzene rings is 2. The molecule has 0 aliphatic carbocycles. The predicted octanol–water partition coefficient (Wildman–Crippen LogP) is 4.93. The van der Waals surface area contributed by atoms with Gasteiger partial charge in [0.15, 0.2) is 0 Å². The number of nitrogens with zero attached hydrogens (tertiary/aromatic N) is 1. The molecule has 0 aromatic heterocycles. The molecule has 0 spiro atoms. The first-order chi connectivity index (χ1) is 9.88. The summed E-state index contributed by atoms with van der Waals surface area (Å²) in [6.45, 7) is 1.84. The largest absolute Gasteiger partial charge is 0.456 e. The van der Waals surface area contributed by atoms with Crippen molar-refractivity contribution >= 4 is 37.5 Å². The number of ether oxygens (including phenoxy) is 1. The van der Waals surface area contributed by atoms with Crippen molar-refractivity contribution in [2.24, 2.45) is 5.73 Å². The quantitative estimate of drug-likeness (QED) is 0.567. The number of nitrogens with two attached hydrogens (primary N) is 1. The van der Waals surface area contributed by atoms with Crippen molar-refractivity contribution in [3.63, 3.8) is 0 Å². The molecular weight excluding hydrogens is 404 g/mol. The normalized spacial score (nSPS) is 12.0. The molecule has 21 heavy (non-hydrogen) atoms. The summed E-state index contributed by atoms with van der Waals surface area (Å²) in [6, 6.07) is 9.60. The van der Waals surface area contributed by atoms with Gasteiger partial charge in [0.05, 0.1) is 15.5 Å². The number of rotatable bonds is 4. The maximum Gasteiger partial charge on any atom is 0.273 e. The van der Waals surface area contributed by atoms with Crippen LogP contribution in [0.2, 0.25) is 0 Å². The number of halogens is 2. The van der Waals surface area contributed by atoms with Crippen molar-refractivity contribution in [3.8, 4) is 11.5 Å². The van der Waals surface area contributed by atoms with Gasteiger partial charge in [-0.2, -0.15) is 0 Å². The van der Waals surface area contributed by atoms with Gasteiger partial charge >= 0.3 is 0 Å². The summed E-state index contributed by atoms with van der Waals surface area (Å²) in [6.07, 6.45) is 0. The molecule has 0 fully saturated rings. The average molecular weight is 416 g/mol. The average Bonchev–Trinajstić information content (AvgIpc) is 2.42. The van der Waals surface area contributed by atoms with Gasteiger partial charge in [-0.1, -0.05) is 15.9 Å². The first-order valence-electron chi connectivity index (χ1n) is 6.05. The van der Waals surface area contributed by atoms with Gasteiger partial charge in [-0.3, -0.25) is 10.1 Å². The van der Waals surface area contributed by atoms with Crippen LogP contribution < -0.4 is 10.5 Å². The van der Waals surface area contributed by atoms with Crippen LogP contribution in [0.25, 0.3) is 0 Å². The Morgan fingerprint density at radius 1 is 1.19 bits per heavy atom. The Labute approximate surface area is 138 Å². The Morgan fingerprint density at radius 3 is 2.52 bits per heavy atom. The highest BCUT2D eigenvalue weighted by Crippen LogP contribution is 2.36. The summed E-state index contributed by atoms with van der Waals surface area (Å²) in [5.74, 6) is 0.933. The smallest absolute Gasteiger partial charge is 0.273 e. The number of hydrogen-bond donors (Lipinski definition) is 1. The second-order valence-corrected chi connectivity index (χ2v) is 6.21. The maximum atomic E-state index is 10.8. The highest BCUT2D eigenvalue weighted by Gasteiger charge is 2.14. The van der Waals surface area contributed by atoms with E-state index in [0.29, 0.717) is 16.0 Å². The summed E-state index contributed by atoms with van der Waals surface area (Å²) in [4.78, 5) is 10.4. The third-order valence-electron chi connectivity index (χ3n) is 2.81. The minimum absolute atomic E-state index is 0.0346. The zero-order valence-corrected chi connectivity index (χ0v) is 14.2. The Balaban J connectivity index is 2.43. The van der Waals surface area contributed by atoms with Gasteiger partial charge in [0, 0.05) is 22.1 Å². The van der Waals surface area contributed by atoms with E-state index in [1.807, 2.05) is 19.1 Å². The summed E-state index contributed by atoms with van der Waals surface area (Å²) < 4.78 is 7.32. The lowest BCUT2D eigenvalue weighted by Gasteiger charge is -2.15. The van der Waals surface area contributed by atoms with E-state index in [1.165, 1.54) is 12.1 Å². The van der Waals surface area contributed by atoms with E-state index < -0.39 is 4.92 Å². The van der Waals surface area contributed by atoms with E-state index in [9.17, 15) is 10.1 Å². The Hall–Kier alpha value is -1.44. The van der Waals surface area contributed by atoms with E-state index in [-0.39, 0.29) is 11.7 Å². The molecule has 2 N–H and O–H groups in total. The Morgan fingerprint density at radius 2 is 1.90 bits per heavy atom. The molecule has 0 aliphatic rings. The number of nitro groups is 1. The van der Waals surface area contributed by atoms with Gasteiger partial charge in [-0.25, -0.2) is 0 Å². The summed E-state index contributed by atoms with van der Waals surface area (Å²) in [7, 11) is 0. The molecule has 1 unspecified atom stereocenters. The van der Waals surface area contributed by atoms with E-state index in [4.69, 9.17) is 10.5 Å². The molecule has 110 valence electrons. The summed E-state index contributed by atoms with van der Waals surface area (Å²) in [5.41, 5.74) is 6.71. The van der Waals surface area contributed by atoms with Crippen molar-refractivity contribution < 1.29 is 9.66 Å². The number of non-ortho nitro benzene ring substituents is 1. The van der Waals surface area contributed by atoms with Crippen molar-refractivity contribution in [1.82, 2.24) is 0 Å². The van der Waals surface area contributed by atoms with Crippen LogP contribution in [0.15, 0.2) is 45.3 Å². The lowest BCUT2D eigenvalue weighted by Crippen LogP contribution is -2.06. The molecule has 0 heterocycles. The van der Waals surface area contributed by atoms with Gasteiger partial charge < -0.3 is 10.5 Å². The Kier molecular flexibility index (Phi) is 4.97. The zero-order valence-electron chi connectivity index (χ0n) is 11.0. The van der Waals surface area contributed by atoms with Crippen LogP contribution >= 0.6 is 31.9 Å². The fourth-order valence-corrected chi connectivity index (χ4v) is 2.48. The first kappa shape index (κ1) is 15.9. The van der Waals surface area contributed by atoms with E-state index in [2.05, 4.69) is 31.9 Å². The second-order valence-electron chi connectivity index (χ2n) is 4.44. The van der Waals surface area contributed by atoms with Gasteiger partial charge in [-0.05, 0) is 47.1 Å². The predicted molar refractivity (Wildman–Crippen MR) is 87.6 cm³/mol. The van der Waals surface area contributed by atoms with Crippen molar-refractivity contribution in [2.45, 2.75) is 13.0 Å². The van der Waals surface area contributed by atoms with Gasteiger partial charge in [-0.15, -0.1) is 0 Å². The van der Waals surface area contributed by atoms with Crippen molar-refractivity contribution in [3.05, 3.63) is 61.0 Å². The molecule has 5 nitrogen and oxygen atoms in total. The molecule has 0 aliphatic heterocycles. The molecule has 7 heteroatoms. The van der Waals surface area contributed by atoms with Crippen LogP contribution in [0.4, 0.5) is 5.69 Å². The molecular formula is C14H12Br2N2O3. The highest BCUT2D eigenvalue weighted by molar-refractivity contribution is 9.10. The SMILES string of the molecule is CC(N)c1cc(Br)ccc1Oc1cc([N+](=O)[O-])ccc1Br. The van der Waals surface area contributed by atoms with Gasteiger partial charge in [0.25, 0.3) is 5.69 Å². The molecule has 2 aromatic carbocycles. The number of nitro benzene ring substituents is 1. The van der Waals surface area contributed by atoms with Crippen LogP contribution in [-0.2, 0) is 0 Å². The van der Waals surface area contributed by atoms with Gasteiger partial charge in [0.2, 0.25) is 0 Å². The summed E-state index contributed by atoms with van der Waals surface area (Å²) in [5, 5.41) is 10.8. The topological polar surface area (TPSA) is 78.4 Å². The van der Waals surface area contributed by atoms with Crippen LogP contribution in [0.1, 0.15) is 18.5 Å². The Bertz CT molecular complexity index is 690. The lowest BCUT2D eigenvalue weighted by atomic mass is 10.1.